The first kappa shape index (κ1) is 13.5. The molecule has 16 heavy (non-hydrogen) atoms. The van der Waals surface area contributed by atoms with Crippen LogP contribution < -0.4 is 0 Å². The molecule has 0 aromatic rings. The van der Waals surface area contributed by atoms with Crippen molar-refractivity contribution < 1.29 is 5.11 Å². The summed E-state index contributed by atoms with van der Waals surface area (Å²) in [6.07, 6.45) is 8.79. The maximum absolute atomic E-state index is 10.0. The molecular formula is C15H26O. The molecule has 1 aliphatic carbocycles. The molecule has 3 unspecified atom stereocenters. The van der Waals surface area contributed by atoms with Crippen molar-refractivity contribution >= 4 is 0 Å². The minimum atomic E-state index is -0.213. The fraction of sp³-hybridized carbons (Fsp3) is 0.733. The van der Waals surface area contributed by atoms with Crippen LogP contribution in [0.1, 0.15) is 53.4 Å². The zero-order valence-corrected chi connectivity index (χ0v) is 11.2. The van der Waals surface area contributed by atoms with Gasteiger partial charge >= 0.3 is 0 Å². The van der Waals surface area contributed by atoms with Crippen molar-refractivity contribution in [2.75, 3.05) is 0 Å². The summed E-state index contributed by atoms with van der Waals surface area (Å²) in [5.74, 6) is 1.09. The van der Waals surface area contributed by atoms with Crippen molar-refractivity contribution in [1.29, 1.82) is 0 Å². The van der Waals surface area contributed by atoms with E-state index in [2.05, 4.69) is 33.8 Å². The first-order valence-electron chi connectivity index (χ1n) is 6.49. The Kier molecular flexibility index (Phi) is 5.27. The van der Waals surface area contributed by atoms with E-state index in [1.54, 1.807) is 0 Å². The fourth-order valence-corrected chi connectivity index (χ4v) is 2.53. The fourth-order valence-electron chi connectivity index (χ4n) is 2.53. The number of allylic oxidation sites excluding steroid dienone is 3. The minimum absolute atomic E-state index is 0.213. The van der Waals surface area contributed by atoms with Crippen LogP contribution in [0.15, 0.2) is 23.3 Å². The van der Waals surface area contributed by atoms with E-state index in [1.165, 1.54) is 17.6 Å². The molecule has 1 heteroatoms. The Bertz CT molecular complexity index is 271. The molecule has 0 saturated carbocycles. The highest BCUT2D eigenvalue weighted by Crippen LogP contribution is 2.31. The summed E-state index contributed by atoms with van der Waals surface area (Å²) in [7, 11) is 0. The highest BCUT2D eigenvalue weighted by molar-refractivity contribution is 5.08. The maximum atomic E-state index is 10.0. The van der Waals surface area contributed by atoms with Gasteiger partial charge in [-0.05, 0) is 58.3 Å². The topological polar surface area (TPSA) is 20.2 Å². The summed E-state index contributed by atoms with van der Waals surface area (Å²) in [5, 5.41) is 10.0. The molecule has 0 aliphatic heterocycles. The molecule has 0 amide bonds. The van der Waals surface area contributed by atoms with Crippen LogP contribution in [0.5, 0.6) is 0 Å². The summed E-state index contributed by atoms with van der Waals surface area (Å²) in [6.45, 7) is 8.69. The normalized spacial score (nSPS) is 27.2. The van der Waals surface area contributed by atoms with Crippen LogP contribution in [0, 0.1) is 11.8 Å². The van der Waals surface area contributed by atoms with Gasteiger partial charge in [-0.15, -0.1) is 0 Å². The molecule has 3 atom stereocenters. The zero-order valence-electron chi connectivity index (χ0n) is 11.2. The molecule has 0 radical (unpaired) electrons. The molecule has 1 aliphatic rings. The number of hydrogen-bond acceptors (Lipinski definition) is 1. The van der Waals surface area contributed by atoms with Crippen LogP contribution in [-0.2, 0) is 0 Å². The Hall–Kier alpha value is -0.560. The lowest BCUT2D eigenvalue weighted by molar-refractivity contribution is 0.0993. The van der Waals surface area contributed by atoms with Crippen LogP contribution >= 0.6 is 0 Å². The summed E-state index contributed by atoms with van der Waals surface area (Å²) in [4.78, 5) is 0. The Morgan fingerprint density at radius 1 is 1.56 bits per heavy atom. The number of aliphatic hydroxyl groups is 1. The van der Waals surface area contributed by atoms with Crippen LogP contribution in [0.2, 0.25) is 0 Å². The molecule has 1 rings (SSSR count). The minimum Gasteiger partial charge on any atom is -0.389 e. The van der Waals surface area contributed by atoms with Gasteiger partial charge < -0.3 is 5.11 Å². The van der Waals surface area contributed by atoms with Gasteiger partial charge in [0.15, 0.2) is 0 Å². The van der Waals surface area contributed by atoms with E-state index in [4.69, 9.17) is 0 Å². The van der Waals surface area contributed by atoms with Gasteiger partial charge in [0, 0.05) is 0 Å². The average molecular weight is 222 g/mol. The third-order valence-corrected chi connectivity index (χ3v) is 3.67. The lowest BCUT2D eigenvalue weighted by Crippen LogP contribution is -2.28. The highest BCUT2D eigenvalue weighted by Gasteiger charge is 2.26. The Labute approximate surface area is 100 Å². The largest absolute Gasteiger partial charge is 0.389 e. The van der Waals surface area contributed by atoms with Crippen LogP contribution in [0.3, 0.4) is 0 Å². The number of aliphatic hydroxyl groups excluding tert-OH is 1. The molecule has 0 aromatic heterocycles. The van der Waals surface area contributed by atoms with Crippen molar-refractivity contribution in [3.8, 4) is 0 Å². The highest BCUT2D eigenvalue weighted by atomic mass is 16.3. The predicted molar refractivity (Wildman–Crippen MR) is 70.3 cm³/mol. The quantitative estimate of drug-likeness (QED) is 0.710. The van der Waals surface area contributed by atoms with Gasteiger partial charge in [-0.25, -0.2) is 0 Å². The van der Waals surface area contributed by atoms with Crippen molar-refractivity contribution in [2.45, 2.75) is 59.5 Å². The van der Waals surface area contributed by atoms with Crippen molar-refractivity contribution in [2.24, 2.45) is 11.8 Å². The summed E-state index contributed by atoms with van der Waals surface area (Å²) in [6, 6.07) is 0. The molecule has 0 fully saturated rings. The smallest absolute Gasteiger partial charge is 0.0754 e. The zero-order chi connectivity index (χ0) is 12.1. The second-order valence-corrected chi connectivity index (χ2v) is 5.54. The number of rotatable bonds is 4. The van der Waals surface area contributed by atoms with E-state index >= 15 is 0 Å². The van der Waals surface area contributed by atoms with Crippen LogP contribution in [-0.4, -0.2) is 11.2 Å². The van der Waals surface area contributed by atoms with Crippen LogP contribution in [0.4, 0.5) is 0 Å². The summed E-state index contributed by atoms with van der Waals surface area (Å²) < 4.78 is 0. The van der Waals surface area contributed by atoms with E-state index in [0.717, 1.165) is 19.3 Å². The van der Waals surface area contributed by atoms with Gasteiger partial charge in [-0.2, -0.15) is 0 Å². The molecule has 0 spiro atoms. The monoisotopic (exact) mass is 222 g/mol. The molecule has 0 saturated heterocycles. The molecule has 1 N–H and O–H groups in total. The van der Waals surface area contributed by atoms with Gasteiger partial charge in [0.05, 0.1) is 6.10 Å². The third-order valence-electron chi connectivity index (χ3n) is 3.67. The average Bonchev–Trinajstić information content (AvgIpc) is 2.16. The molecule has 1 nitrogen and oxygen atoms in total. The predicted octanol–water partition coefficient (Wildman–Crippen LogP) is 4.09. The van der Waals surface area contributed by atoms with Crippen LogP contribution in [0.25, 0.3) is 0 Å². The van der Waals surface area contributed by atoms with E-state index in [-0.39, 0.29) is 6.10 Å². The Morgan fingerprint density at radius 3 is 2.81 bits per heavy atom. The van der Waals surface area contributed by atoms with Gasteiger partial charge in [-0.3, -0.25) is 0 Å². The first-order valence-corrected chi connectivity index (χ1v) is 6.49. The van der Waals surface area contributed by atoms with E-state index in [0.29, 0.717) is 11.8 Å². The molecule has 92 valence electrons. The van der Waals surface area contributed by atoms with Crippen molar-refractivity contribution in [1.82, 2.24) is 0 Å². The van der Waals surface area contributed by atoms with Gasteiger partial charge in [0.1, 0.15) is 0 Å². The van der Waals surface area contributed by atoms with E-state index in [9.17, 15) is 5.11 Å². The summed E-state index contributed by atoms with van der Waals surface area (Å²) >= 11 is 0. The second-order valence-electron chi connectivity index (χ2n) is 5.54. The third kappa shape index (κ3) is 4.13. The van der Waals surface area contributed by atoms with Gasteiger partial charge in [-0.1, -0.05) is 30.2 Å². The molecular weight excluding hydrogens is 196 g/mol. The molecule has 0 heterocycles. The van der Waals surface area contributed by atoms with E-state index < -0.39 is 0 Å². The second kappa shape index (κ2) is 6.24. The van der Waals surface area contributed by atoms with Crippen molar-refractivity contribution in [3.05, 3.63) is 23.3 Å². The Morgan fingerprint density at radius 2 is 2.25 bits per heavy atom. The van der Waals surface area contributed by atoms with Gasteiger partial charge in [0.2, 0.25) is 0 Å². The molecule has 0 bridgehead atoms. The standard InChI is InChI=1S/C15H26O/c1-11(2)6-5-7-13(4)14-9-8-12(3)10-15(14)16/h6,10,13-16H,5,7-9H2,1-4H3. The SMILES string of the molecule is CC(C)=CCCC(C)C1CCC(C)=CC1O. The van der Waals surface area contributed by atoms with Crippen molar-refractivity contribution in [3.63, 3.8) is 0 Å². The Balaban J connectivity index is 2.42. The van der Waals surface area contributed by atoms with Gasteiger partial charge in [0.25, 0.3) is 0 Å². The lowest BCUT2D eigenvalue weighted by Gasteiger charge is -2.30. The number of hydrogen-bond donors (Lipinski definition) is 1. The summed E-state index contributed by atoms with van der Waals surface area (Å²) in [5.41, 5.74) is 2.74. The lowest BCUT2D eigenvalue weighted by atomic mass is 9.78. The maximum Gasteiger partial charge on any atom is 0.0754 e. The first-order chi connectivity index (χ1) is 7.50. The molecule has 0 aromatic carbocycles. The van der Waals surface area contributed by atoms with E-state index in [1.807, 2.05) is 6.08 Å².